The van der Waals surface area contributed by atoms with Crippen LogP contribution in [0.1, 0.15) is 38.7 Å². The lowest BCUT2D eigenvalue weighted by molar-refractivity contribution is -0.134. The van der Waals surface area contributed by atoms with E-state index in [2.05, 4.69) is 23.0 Å². The average Bonchev–Trinajstić information content (AvgIpc) is 2.59. The second kappa shape index (κ2) is 8.07. The predicted octanol–water partition coefficient (Wildman–Crippen LogP) is 2.06. The normalized spacial score (nSPS) is 22.4. The lowest BCUT2D eigenvalue weighted by Gasteiger charge is -2.33. The number of carbonyl (C=O) groups is 1. The van der Waals surface area contributed by atoms with Gasteiger partial charge in [0, 0.05) is 25.4 Å². The highest BCUT2D eigenvalue weighted by Crippen LogP contribution is 2.30. The summed E-state index contributed by atoms with van der Waals surface area (Å²) in [6.07, 6.45) is 2.62. The van der Waals surface area contributed by atoms with Gasteiger partial charge in [0.1, 0.15) is 11.6 Å². The summed E-state index contributed by atoms with van der Waals surface area (Å²) in [6, 6.07) is 5.46. The van der Waals surface area contributed by atoms with E-state index in [1.807, 2.05) is 17.0 Å². The zero-order valence-corrected chi connectivity index (χ0v) is 16.1. The largest absolute Gasteiger partial charge is 0.492 e. The molecule has 0 bridgehead atoms. The van der Waals surface area contributed by atoms with E-state index in [0.717, 1.165) is 25.9 Å². The molecule has 0 spiro atoms. The van der Waals surface area contributed by atoms with Crippen molar-refractivity contribution in [2.24, 2.45) is 22.0 Å². The van der Waals surface area contributed by atoms with Crippen molar-refractivity contribution < 1.29 is 13.7 Å². The molecule has 1 aromatic rings. The van der Waals surface area contributed by atoms with Gasteiger partial charge in [0.2, 0.25) is 17.1 Å². The third-order valence-electron chi connectivity index (χ3n) is 4.59. The lowest BCUT2D eigenvalue weighted by atomic mass is 9.98. The van der Waals surface area contributed by atoms with Gasteiger partial charge in [-0.2, -0.15) is 4.40 Å². The third kappa shape index (κ3) is 4.35. The minimum Gasteiger partial charge on any atom is -0.492 e. The van der Waals surface area contributed by atoms with E-state index in [9.17, 15) is 9.00 Å². The van der Waals surface area contributed by atoms with Crippen LogP contribution in [-0.2, 0) is 16.0 Å². The number of amidine groups is 1. The van der Waals surface area contributed by atoms with Crippen LogP contribution in [0.2, 0.25) is 0 Å². The molecular weight excluding hydrogens is 352 g/mol. The number of piperidine rings is 1. The van der Waals surface area contributed by atoms with Gasteiger partial charge in [-0.15, -0.1) is 0 Å². The van der Waals surface area contributed by atoms with Gasteiger partial charge >= 0.3 is 0 Å². The van der Waals surface area contributed by atoms with Crippen LogP contribution in [0.25, 0.3) is 0 Å². The molecule has 0 aliphatic carbocycles. The number of ether oxygens (including phenoxy) is 1. The minimum absolute atomic E-state index is 0.213. The Hall–Kier alpha value is -2.09. The van der Waals surface area contributed by atoms with E-state index in [0.29, 0.717) is 41.9 Å². The summed E-state index contributed by atoms with van der Waals surface area (Å²) >= 11 is -1.55. The first kappa shape index (κ1) is 18.7. The topological polar surface area (TPSA) is 97.0 Å². The first-order valence-corrected chi connectivity index (χ1v) is 10.1. The molecule has 3 rings (SSSR count). The van der Waals surface area contributed by atoms with Crippen molar-refractivity contribution >= 4 is 28.6 Å². The van der Waals surface area contributed by atoms with Crippen molar-refractivity contribution in [3.05, 3.63) is 23.8 Å². The van der Waals surface area contributed by atoms with Gasteiger partial charge in [-0.05, 0) is 30.9 Å². The smallest absolute Gasteiger partial charge is 0.245 e. The van der Waals surface area contributed by atoms with E-state index >= 15 is 0 Å². The summed E-state index contributed by atoms with van der Waals surface area (Å²) in [5, 5.41) is 0. The van der Waals surface area contributed by atoms with Crippen LogP contribution in [0, 0.1) is 11.8 Å². The van der Waals surface area contributed by atoms with Gasteiger partial charge in [0.15, 0.2) is 0 Å². The van der Waals surface area contributed by atoms with Crippen molar-refractivity contribution in [1.82, 2.24) is 4.90 Å². The molecule has 1 saturated heterocycles. The van der Waals surface area contributed by atoms with Crippen molar-refractivity contribution in [3.8, 4) is 5.75 Å². The number of hydrogen-bond donors (Lipinski definition) is 2. The van der Waals surface area contributed by atoms with E-state index in [1.54, 1.807) is 6.07 Å². The van der Waals surface area contributed by atoms with Crippen LogP contribution < -0.4 is 15.2 Å². The fraction of sp³-hybridized carbons (Fsp3) is 0.556. The molecule has 2 aliphatic heterocycles. The second-order valence-corrected chi connectivity index (χ2v) is 8.15. The Kier molecular flexibility index (Phi) is 5.80. The van der Waals surface area contributed by atoms with Gasteiger partial charge in [-0.25, -0.2) is 4.21 Å². The van der Waals surface area contributed by atoms with Gasteiger partial charge < -0.3 is 15.4 Å². The number of hydrogen-bond acceptors (Lipinski definition) is 4. The van der Waals surface area contributed by atoms with E-state index in [1.165, 1.54) is 0 Å². The second-order valence-electron chi connectivity index (χ2n) is 7.26. The molecule has 142 valence electrons. The molecule has 1 fully saturated rings. The van der Waals surface area contributed by atoms with Crippen LogP contribution in [0.15, 0.2) is 22.6 Å². The maximum atomic E-state index is 12.3. The summed E-state index contributed by atoms with van der Waals surface area (Å²) in [6.45, 7) is 6.20. The molecule has 2 heterocycles. The number of rotatable bonds is 5. The molecule has 26 heavy (non-hydrogen) atoms. The summed E-state index contributed by atoms with van der Waals surface area (Å²) in [5.41, 5.74) is 7.25. The standard InChI is InChI=1S/C18H26N4O3S/c1-12(2)9-16(23)22-8-4-5-13(10-22)11-25-15-7-3-6-14-17(15)18(19)21-26(24)20-14/h3,6-7,12-13,20H,4-5,8-11H2,1-2H3,(H2,19,21). The highest BCUT2D eigenvalue weighted by Gasteiger charge is 2.26. The predicted molar refractivity (Wildman–Crippen MR) is 103 cm³/mol. The van der Waals surface area contributed by atoms with Crippen molar-refractivity contribution in [1.29, 1.82) is 0 Å². The van der Waals surface area contributed by atoms with Crippen LogP contribution in [0.5, 0.6) is 5.75 Å². The molecule has 2 unspecified atom stereocenters. The number of likely N-dealkylation sites (tertiary alicyclic amines) is 1. The molecule has 2 aliphatic rings. The van der Waals surface area contributed by atoms with Crippen LogP contribution in [0.3, 0.4) is 0 Å². The van der Waals surface area contributed by atoms with Crippen LogP contribution >= 0.6 is 0 Å². The maximum absolute atomic E-state index is 12.3. The Balaban J connectivity index is 1.64. The summed E-state index contributed by atoms with van der Waals surface area (Å²) < 4.78 is 24.2. The molecule has 8 heteroatoms. The monoisotopic (exact) mass is 378 g/mol. The lowest BCUT2D eigenvalue weighted by Crippen LogP contribution is -2.42. The quantitative estimate of drug-likeness (QED) is 0.819. The molecule has 1 amide bonds. The zero-order chi connectivity index (χ0) is 18.7. The summed E-state index contributed by atoms with van der Waals surface area (Å²) in [5.74, 6) is 1.73. The van der Waals surface area contributed by atoms with Crippen molar-refractivity contribution in [2.45, 2.75) is 33.1 Å². The number of amides is 1. The molecule has 0 saturated carbocycles. The molecule has 3 N–H and O–H groups in total. The number of nitrogens with one attached hydrogen (secondary N) is 1. The van der Waals surface area contributed by atoms with Crippen molar-refractivity contribution in [3.63, 3.8) is 0 Å². The van der Waals surface area contributed by atoms with Crippen LogP contribution in [0.4, 0.5) is 5.69 Å². The Morgan fingerprint density at radius 3 is 3.08 bits per heavy atom. The summed E-state index contributed by atoms with van der Waals surface area (Å²) in [7, 11) is 0. The first-order valence-electron chi connectivity index (χ1n) is 9.00. The van der Waals surface area contributed by atoms with Gasteiger partial charge in [0.25, 0.3) is 0 Å². The maximum Gasteiger partial charge on any atom is 0.245 e. The highest BCUT2D eigenvalue weighted by molar-refractivity contribution is 7.85. The number of anilines is 1. The van der Waals surface area contributed by atoms with Gasteiger partial charge in [0.05, 0.1) is 17.9 Å². The van der Waals surface area contributed by atoms with E-state index < -0.39 is 11.2 Å². The molecule has 7 nitrogen and oxygen atoms in total. The molecule has 0 aromatic heterocycles. The van der Waals surface area contributed by atoms with Crippen LogP contribution in [-0.4, -0.2) is 40.5 Å². The molecular formula is C18H26N4O3S. The van der Waals surface area contributed by atoms with Gasteiger partial charge in [-0.3, -0.25) is 9.52 Å². The van der Waals surface area contributed by atoms with E-state index in [4.69, 9.17) is 10.5 Å². The molecule has 2 atom stereocenters. The fourth-order valence-electron chi connectivity index (χ4n) is 3.37. The first-order chi connectivity index (χ1) is 12.4. The number of fused-ring (bicyclic) bond motifs is 1. The third-order valence-corrected chi connectivity index (χ3v) is 5.35. The highest BCUT2D eigenvalue weighted by atomic mass is 32.2. The van der Waals surface area contributed by atoms with Gasteiger partial charge in [-0.1, -0.05) is 19.9 Å². The Morgan fingerprint density at radius 2 is 2.31 bits per heavy atom. The number of benzene rings is 1. The Labute approximate surface area is 156 Å². The molecule has 1 aromatic carbocycles. The SMILES string of the molecule is CC(C)CC(=O)N1CCCC(COc2cccc3c2C(N)=NS(=O)N3)C1. The number of nitrogens with two attached hydrogens (primary N) is 1. The Morgan fingerprint density at radius 1 is 1.50 bits per heavy atom. The molecule has 0 radical (unpaired) electrons. The number of carbonyl (C=O) groups excluding carboxylic acids is 1. The zero-order valence-electron chi connectivity index (χ0n) is 15.2. The summed E-state index contributed by atoms with van der Waals surface area (Å²) in [4.78, 5) is 14.3. The van der Waals surface area contributed by atoms with E-state index in [-0.39, 0.29) is 11.7 Å². The average molecular weight is 378 g/mol. The fourth-order valence-corrected chi connectivity index (χ4v) is 4.04. The van der Waals surface area contributed by atoms with Crippen molar-refractivity contribution in [2.75, 3.05) is 24.4 Å². The number of nitrogens with zero attached hydrogens (tertiary/aromatic N) is 2. The Bertz CT molecular complexity index is 735. The minimum atomic E-state index is -1.55.